The number of carbonyl (C=O) groups is 1. The maximum absolute atomic E-state index is 12.7. The Kier molecular flexibility index (Phi) is 4.59. The predicted molar refractivity (Wildman–Crippen MR) is 77.1 cm³/mol. The van der Waals surface area contributed by atoms with Crippen molar-refractivity contribution in [2.45, 2.75) is 45.6 Å². The quantitative estimate of drug-likeness (QED) is 0.850. The smallest absolute Gasteiger partial charge is 0.183 e. The number of carbonyl (C=O) groups excluding carboxylic acids is 1. The average Bonchev–Trinajstić information content (AvgIpc) is 2.65. The monoisotopic (exact) mass is 261 g/mol. The van der Waals surface area contributed by atoms with Crippen LogP contribution < -0.4 is 10.1 Å². The average molecular weight is 261 g/mol. The van der Waals surface area contributed by atoms with E-state index in [2.05, 4.69) is 5.32 Å². The van der Waals surface area contributed by atoms with E-state index in [1.807, 2.05) is 26.0 Å². The molecule has 104 valence electrons. The van der Waals surface area contributed by atoms with Crippen LogP contribution in [0.5, 0.6) is 5.75 Å². The Morgan fingerprint density at radius 1 is 1.26 bits per heavy atom. The molecule has 1 aliphatic rings. The van der Waals surface area contributed by atoms with Crippen LogP contribution >= 0.6 is 0 Å². The van der Waals surface area contributed by atoms with E-state index in [0.717, 1.165) is 42.5 Å². The summed E-state index contributed by atoms with van der Waals surface area (Å²) in [6.45, 7) is 4.94. The van der Waals surface area contributed by atoms with Crippen LogP contribution in [0.3, 0.4) is 0 Å². The summed E-state index contributed by atoms with van der Waals surface area (Å²) in [5.41, 5.74) is 2.88. The van der Waals surface area contributed by atoms with Crippen molar-refractivity contribution in [3.8, 4) is 5.75 Å². The fraction of sp³-hybridized carbons (Fsp3) is 0.562. The van der Waals surface area contributed by atoms with Gasteiger partial charge in [-0.25, -0.2) is 0 Å². The lowest BCUT2D eigenvalue weighted by Crippen LogP contribution is -2.36. The Hall–Kier alpha value is -1.35. The zero-order chi connectivity index (χ0) is 13.8. The van der Waals surface area contributed by atoms with Crippen molar-refractivity contribution in [2.24, 2.45) is 0 Å². The minimum absolute atomic E-state index is 0.0576. The van der Waals surface area contributed by atoms with Crippen LogP contribution in [-0.4, -0.2) is 25.5 Å². The van der Waals surface area contributed by atoms with Gasteiger partial charge in [0.1, 0.15) is 5.75 Å². The lowest BCUT2D eigenvalue weighted by Gasteiger charge is -2.18. The van der Waals surface area contributed by atoms with Crippen LogP contribution in [0.4, 0.5) is 0 Å². The predicted octanol–water partition coefficient (Wildman–Crippen LogP) is 3.03. The Bertz CT molecular complexity index is 460. The van der Waals surface area contributed by atoms with Crippen LogP contribution in [0.1, 0.15) is 47.2 Å². The fourth-order valence-electron chi connectivity index (χ4n) is 2.83. The molecule has 1 aromatic carbocycles. The van der Waals surface area contributed by atoms with Gasteiger partial charge in [-0.3, -0.25) is 4.79 Å². The Labute approximate surface area is 115 Å². The highest BCUT2D eigenvalue weighted by Crippen LogP contribution is 2.27. The number of nitrogens with one attached hydrogen (secondary N) is 1. The summed E-state index contributed by atoms with van der Waals surface area (Å²) in [6.07, 6.45) is 4.42. The molecule has 0 aliphatic carbocycles. The van der Waals surface area contributed by atoms with Gasteiger partial charge in [0.05, 0.1) is 18.7 Å². The highest BCUT2D eigenvalue weighted by Gasteiger charge is 2.25. The van der Waals surface area contributed by atoms with Crippen molar-refractivity contribution < 1.29 is 9.53 Å². The van der Waals surface area contributed by atoms with Crippen molar-refractivity contribution in [2.75, 3.05) is 13.7 Å². The van der Waals surface area contributed by atoms with E-state index in [-0.39, 0.29) is 11.8 Å². The standard InChI is InChI=1S/C16H23NO2/c1-11-9-12(2)15(14(10-11)19-3)16(18)13-7-5-4-6-8-17-13/h9-10,13,17H,4-8H2,1-3H3. The molecule has 19 heavy (non-hydrogen) atoms. The van der Waals surface area contributed by atoms with E-state index in [1.54, 1.807) is 7.11 Å². The SMILES string of the molecule is COc1cc(C)cc(C)c1C(=O)C1CCCCCN1. The highest BCUT2D eigenvalue weighted by molar-refractivity contribution is 6.03. The second-order valence-corrected chi connectivity index (χ2v) is 5.38. The number of benzene rings is 1. The van der Waals surface area contributed by atoms with Gasteiger partial charge in [-0.1, -0.05) is 18.9 Å². The molecular formula is C16H23NO2. The largest absolute Gasteiger partial charge is 0.496 e. The maximum Gasteiger partial charge on any atom is 0.183 e. The Balaban J connectivity index is 2.31. The van der Waals surface area contributed by atoms with Crippen LogP contribution in [0.2, 0.25) is 0 Å². The second kappa shape index (κ2) is 6.20. The van der Waals surface area contributed by atoms with Crippen LogP contribution in [-0.2, 0) is 0 Å². The number of methoxy groups -OCH3 is 1. The number of hydrogen-bond donors (Lipinski definition) is 1. The molecule has 0 amide bonds. The van der Waals surface area contributed by atoms with Gasteiger partial charge in [-0.15, -0.1) is 0 Å². The molecule has 0 aromatic heterocycles. The van der Waals surface area contributed by atoms with E-state index in [4.69, 9.17) is 4.74 Å². The second-order valence-electron chi connectivity index (χ2n) is 5.38. The maximum atomic E-state index is 12.7. The highest BCUT2D eigenvalue weighted by atomic mass is 16.5. The van der Waals surface area contributed by atoms with Crippen molar-refractivity contribution in [3.05, 3.63) is 28.8 Å². The van der Waals surface area contributed by atoms with E-state index in [9.17, 15) is 4.79 Å². The van der Waals surface area contributed by atoms with E-state index in [0.29, 0.717) is 5.75 Å². The third-order valence-corrected chi connectivity index (χ3v) is 3.79. The summed E-state index contributed by atoms with van der Waals surface area (Å²) in [4.78, 5) is 12.7. The van der Waals surface area contributed by atoms with Crippen LogP contribution in [0.15, 0.2) is 12.1 Å². The first kappa shape index (κ1) is 14.1. The number of hydrogen-bond acceptors (Lipinski definition) is 3. The fourth-order valence-corrected chi connectivity index (χ4v) is 2.83. The molecule has 1 aliphatic heterocycles. The lowest BCUT2D eigenvalue weighted by atomic mass is 9.94. The molecular weight excluding hydrogens is 238 g/mol. The summed E-state index contributed by atoms with van der Waals surface area (Å²) in [5.74, 6) is 0.879. The van der Waals surface area contributed by atoms with Gasteiger partial charge in [0.25, 0.3) is 0 Å². The summed E-state index contributed by atoms with van der Waals surface area (Å²) < 4.78 is 5.40. The van der Waals surface area contributed by atoms with Crippen molar-refractivity contribution in [1.29, 1.82) is 0 Å². The summed E-state index contributed by atoms with van der Waals surface area (Å²) in [6, 6.07) is 3.93. The van der Waals surface area contributed by atoms with Crippen LogP contribution in [0.25, 0.3) is 0 Å². The third-order valence-electron chi connectivity index (χ3n) is 3.79. The van der Waals surface area contributed by atoms with E-state index < -0.39 is 0 Å². The molecule has 1 unspecified atom stereocenters. The number of ketones is 1. The first-order valence-electron chi connectivity index (χ1n) is 7.06. The molecule has 2 rings (SSSR count). The van der Waals surface area contributed by atoms with Gasteiger partial charge in [-0.2, -0.15) is 0 Å². The molecule has 3 heteroatoms. The van der Waals surface area contributed by atoms with Gasteiger partial charge in [0.2, 0.25) is 0 Å². The normalized spacial score (nSPS) is 19.8. The molecule has 0 radical (unpaired) electrons. The summed E-state index contributed by atoms with van der Waals surface area (Å²) in [7, 11) is 1.63. The van der Waals surface area contributed by atoms with Crippen molar-refractivity contribution in [3.63, 3.8) is 0 Å². The van der Waals surface area contributed by atoms with Gasteiger partial charge >= 0.3 is 0 Å². The molecule has 1 fully saturated rings. The zero-order valence-corrected chi connectivity index (χ0v) is 12.1. The molecule has 3 nitrogen and oxygen atoms in total. The number of aryl methyl sites for hydroxylation is 2. The molecule has 1 heterocycles. The molecule has 1 atom stereocenters. The minimum atomic E-state index is -0.0576. The van der Waals surface area contributed by atoms with Gasteiger partial charge in [-0.05, 0) is 50.4 Å². The lowest BCUT2D eigenvalue weighted by molar-refractivity contribution is 0.0937. The molecule has 1 N–H and O–H groups in total. The first-order valence-corrected chi connectivity index (χ1v) is 7.06. The summed E-state index contributed by atoms with van der Waals surface area (Å²) in [5, 5.41) is 3.37. The number of Topliss-reactive ketones (excluding diaryl/α,β-unsaturated/α-hetero) is 1. The topological polar surface area (TPSA) is 38.3 Å². The van der Waals surface area contributed by atoms with Crippen molar-refractivity contribution in [1.82, 2.24) is 5.32 Å². The van der Waals surface area contributed by atoms with Crippen molar-refractivity contribution >= 4 is 5.78 Å². The Morgan fingerprint density at radius 3 is 2.79 bits per heavy atom. The first-order chi connectivity index (χ1) is 9.13. The third kappa shape index (κ3) is 3.16. The van der Waals surface area contributed by atoms with Crippen LogP contribution in [0, 0.1) is 13.8 Å². The molecule has 0 bridgehead atoms. The summed E-state index contributed by atoms with van der Waals surface area (Å²) >= 11 is 0. The number of ether oxygens (including phenoxy) is 1. The van der Waals surface area contributed by atoms with E-state index >= 15 is 0 Å². The van der Waals surface area contributed by atoms with Gasteiger partial charge in [0.15, 0.2) is 5.78 Å². The molecule has 0 spiro atoms. The Morgan fingerprint density at radius 2 is 2.05 bits per heavy atom. The molecule has 1 saturated heterocycles. The molecule has 1 aromatic rings. The molecule has 0 saturated carbocycles. The van der Waals surface area contributed by atoms with Gasteiger partial charge < -0.3 is 10.1 Å². The zero-order valence-electron chi connectivity index (χ0n) is 12.1. The number of rotatable bonds is 3. The minimum Gasteiger partial charge on any atom is -0.496 e. The van der Waals surface area contributed by atoms with E-state index in [1.165, 1.54) is 6.42 Å². The van der Waals surface area contributed by atoms with Gasteiger partial charge in [0, 0.05) is 0 Å².